The molecule has 0 aromatic carbocycles. The number of hydrogen-bond acceptors (Lipinski definition) is 2. The van der Waals surface area contributed by atoms with Crippen LogP contribution in [0, 0.1) is 11.8 Å². The first kappa shape index (κ1) is 9.01. The zero-order valence-corrected chi connectivity index (χ0v) is 7.47. The minimum absolute atomic E-state index is 0.947. The van der Waals surface area contributed by atoms with Gasteiger partial charge in [-0.2, -0.15) is 0 Å². The highest BCUT2D eigenvalue weighted by molar-refractivity contribution is 4.70. The van der Waals surface area contributed by atoms with Gasteiger partial charge in [-0.15, -0.1) is 0 Å². The molecule has 0 unspecified atom stereocenters. The monoisotopic (exact) mass is 156 g/mol. The van der Waals surface area contributed by atoms with Crippen LogP contribution in [0.1, 0.15) is 39.0 Å². The van der Waals surface area contributed by atoms with E-state index in [1.54, 1.807) is 0 Å². The van der Waals surface area contributed by atoms with Crippen LogP contribution < -0.4 is 11.3 Å². The lowest BCUT2D eigenvalue weighted by atomic mass is 9.81. The summed E-state index contributed by atoms with van der Waals surface area (Å²) in [5, 5.41) is 0. The van der Waals surface area contributed by atoms with Crippen molar-refractivity contribution in [2.24, 2.45) is 17.7 Å². The van der Waals surface area contributed by atoms with Crippen LogP contribution in [0.3, 0.4) is 0 Å². The van der Waals surface area contributed by atoms with Crippen LogP contribution in [0.25, 0.3) is 0 Å². The van der Waals surface area contributed by atoms with Gasteiger partial charge in [0.25, 0.3) is 0 Å². The molecule has 0 spiro atoms. The third-order valence-corrected chi connectivity index (χ3v) is 2.83. The van der Waals surface area contributed by atoms with E-state index in [9.17, 15) is 0 Å². The molecule has 66 valence electrons. The largest absolute Gasteiger partial charge is 0.271 e. The van der Waals surface area contributed by atoms with Crippen LogP contribution in [0.5, 0.6) is 0 Å². The maximum Gasteiger partial charge on any atom is 0.01000 e. The second-order valence-corrected chi connectivity index (χ2v) is 3.87. The molecule has 0 aromatic rings. The van der Waals surface area contributed by atoms with Gasteiger partial charge in [0.1, 0.15) is 0 Å². The number of nitrogens with one attached hydrogen (secondary N) is 1. The zero-order chi connectivity index (χ0) is 8.10. The molecule has 0 bridgehead atoms. The van der Waals surface area contributed by atoms with Gasteiger partial charge in [0, 0.05) is 6.54 Å². The van der Waals surface area contributed by atoms with Gasteiger partial charge in [0.2, 0.25) is 0 Å². The van der Waals surface area contributed by atoms with Crippen molar-refractivity contribution < 1.29 is 0 Å². The Morgan fingerprint density at radius 2 is 1.91 bits per heavy atom. The lowest BCUT2D eigenvalue weighted by Crippen LogP contribution is -2.26. The Morgan fingerprint density at radius 1 is 1.27 bits per heavy atom. The van der Waals surface area contributed by atoms with Crippen molar-refractivity contribution in [2.45, 2.75) is 39.0 Å². The zero-order valence-electron chi connectivity index (χ0n) is 7.47. The van der Waals surface area contributed by atoms with Gasteiger partial charge in [0.05, 0.1) is 0 Å². The van der Waals surface area contributed by atoms with Gasteiger partial charge in [-0.05, 0) is 18.3 Å². The molecule has 0 aliphatic heterocycles. The Bertz CT molecular complexity index is 93.0. The van der Waals surface area contributed by atoms with Crippen LogP contribution in [0.4, 0.5) is 0 Å². The molecule has 1 aliphatic rings. The van der Waals surface area contributed by atoms with Crippen LogP contribution in [0.15, 0.2) is 0 Å². The highest BCUT2D eigenvalue weighted by atomic mass is 15.2. The van der Waals surface area contributed by atoms with Gasteiger partial charge in [0.15, 0.2) is 0 Å². The second kappa shape index (κ2) is 4.73. The van der Waals surface area contributed by atoms with E-state index in [-0.39, 0.29) is 0 Å². The normalized spacial score (nSPS) is 32.2. The van der Waals surface area contributed by atoms with Crippen molar-refractivity contribution in [3.63, 3.8) is 0 Å². The summed E-state index contributed by atoms with van der Waals surface area (Å²) in [4.78, 5) is 0. The van der Waals surface area contributed by atoms with Gasteiger partial charge in [-0.1, -0.05) is 32.6 Å². The van der Waals surface area contributed by atoms with E-state index in [1.807, 2.05) is 0 Å². The molecule has 0 radical (unpaired) electrons. The highest BCUT2D eigenvalue weighted by Crippen LogP contribution is 2.29. The van der Waals surface area contributed by atoms with Gasteiger partial charge >= 0.3 is 0 Å². The van der Waals surface area contributed by atoms with Crippen LogP contribution in [0.2, 0.25) is 0 Å². The molecular formula is C9H20N2. The van der Waals surface area contributed by atoms with Crippen molar-refractivity contribution in [3.05, 3.63) is 0 Å². The Labute approximate surface area is 69.5 Å². The minimum atomic E-state index is 0.947. The van der Waals surface area contributed by atoms with E-state index in [0.29, 0.717) is 0 Å². The predicted molar refractivity (Wildman–Crippen MR) is 47.9 cm³/mol. The summed E-state index contributed by atoms with van der Waals surface area (Å²) in [7, 11) is 0. The van der Waals surface area contributed by atoms with E-state index >= 15 is 0 Å². The summed E-state index contributed by atoms with van der Waals surface area (Å²) in [6, 6.07) is 0. The summed E-state index contributed by atoms with van der Waals surface area (Å²) < 4.78 is 0. The molecule has 0 atom stereocenters. The Kier molecular flexibility index (Phi) is 3.87. The molecule has 1 rings (SSSR count). The highest BCUT2D eigenvalue weighted by Gasteiger charge is 2.16. The molecule has 1 saturated carbocycles. The van der Waals surface area contributed by atoms with E-state index in [4.69, 9.17) is 5.84 Å². The van der Waals surface area contributed by atoms with E-state index in [1.165, 1.54) is 32.1 Å². The lowest BCUT2D eigenvalue weighted by molar-refractivity contribution is 0.275. The van der Waals surface area contributed by atoms with Crippen LogP contribution in [-0.2, 0) is 0 Å². The van der Waals surface area contributed by atoms with Crippen LogP contribution in [-0.4, -0.2) is 6.54 Å². The summed E-state index contributed by atoms with van der Waals surface area (Å²) in [5.41, 5.74) is 2.73. The Balaban J connectivity index is 2.07. The van der Waals surface area contributed by atoms with Crippen LogP contribution >= 0.6 is 0 Å². The Hall–Kier alpha value is -0.0800. The van der Waals surface area contributed by atoms with Crippen molar-refractivity contribution >= 4 is 0 Å². The third-order valence-electron chi connectivity index (χ3n) is 2.83. The van der Waals surface area contributed by atoms with Crippen molar-refractivity contribution in [1.82, 2.24) is 5.43 Å². The first-order valence-electron chi connectivity index (χ1n) is 4.76. The number of hydrazine groups is 1. The fourth-order valence-electron chi connectivity index (χ4n) is 1.91. The second-order valence-electron chi connectivity index (χ2n) is 3.87. The third kappa shape index (κ3) is 3.21. The predicted octanol–water partition coefficient (Wildman–Crippen LogP) is 1.67. The Morgan fingerprint density at radius 3 is 2.45 bits per heavy atom. The molecule has 0 aromatic heterocycles. The average Bonchev–Trinajstić information content (AvgIpc) is 2.04. The van der Waals surface area contributed by atoms with E-state index in [2.05, 4.69) is 12.3 Å². The fraction of sp³-hybridized carbons (Fsp3) is 1.00. The number of nitrogens with two attached hydrogens (primary N) is 1. The SMILES string of the molecule is CC1CCC(CCNN)CC1. The molecular weight excluding hydrogens is 136 g/mol. The van der Waals surface area contributed by atoms with Gasteiger partial charge in [-0.3, -0.25) is 11.3 Å². The summed E-state index contributed by atoms with van der Waals surface area (Å²) in [5.74, 6) is 7.14. The molecule has 2 nitrogen and oxygen atoms in total. The lowest BCUT2D eigenvalue weighted by Gasteiger charge is -2.25. The molecule has 0 heterocycles. The number of rotatable bonds is 3. The standard InChI is InChI=1S/C9H20N2/c1-8-2-4-9(5-3-8)6-7-11-10/h8-9,11H,2-7,10H2,1H3. The van der Waals surface area contributed by atoms with Crippen molar-refractivity contribution in [3.8, 4) is 0 Å². The average molecular weight is 156 g/mol. The topological polar surface area (TPSA) is 38.0 Å². The maximum absolute atomic E-state index is 5.22. The molecule has 11 heavy (non-hydrogen) atoms. The summed E-state index contributed by atoms with van der Waals surface area (Å²) in [6.45, 7) is 3.34. The van der Waals surface area contributed by atoms with Crippen molar-refractivity contribution in [2.75, 3.05) is 6.54 Å². The fourth-order valence-corrected chi connectivity index (χ4v) is 1.91. The molecule has 2 heteroatoms. The molecule has 3 N–H and O–H groups in total. The van der Waals surface area contributed by atoms with Gasteiger partial charge < -0.3 is 0 Å². The van der Waals surface area contributed by atoms with Crippen molar-refractivity contribution in [1.29, 1.82) is 0 Å². The van der Waals surface area contributed by atoms with E-state index < -0.39 is 0 Å². The first-order chi connectivity index (χ1) is 5.33. The van der Waals surface area contributed by atoms with Gasteiger partial charge in [-0.25, -0.2) is 0 Å². The maximum atomic E-state index is 5.22. The molecule has 0 amide bonds. The van der Waals surface area contributed by atoms with E-state index in [0.717, 1.165) is 18.4 Å². The minimum Gasteiger partial charge on any atom is -0.271 e. The first-order valence-corrected chi connectivity index (χ1v) is 4.76. The number of hydrogen-bond donors (Lipinski definition) is 2. The summed E-state index contributed by atoms with van der Waals surface area (Å²) >= 11 is 0. The molecule has 1 fully saturated rings. The summed E-state index contributed by atoms with van der Waals surface area (Å²) in [6.07, 6.45) is 6.96. The molecule has 0 saturated heterocycles. The quantitative estimate of drug-likeness (QED) is 0.482. The molecule has 1 aliphatic carbocycles. The smallest absolute Gasteiger partial charge is 0.01000 e.